The lowest BCUT2D eigenvalue weighted by molar-refractivity contribution is -0.153. The van der Waals surface area contributed by atoms with Gasteiger partial charge in [-0.2, -0.15) is 0 Å². The molecule has 0 amide bonds. The van der Waals surface area contributed by atoms with Gasteiger partial charge in [0.2, 0.25) is 5.78 Å². The van der Waals surface area contributed by atoms with Gasteiger partial charge >= 0.3 is 5.97 Å². The summed E-state index contributed by atoms with van der Waals surface area (Å²) in [5, 5.41) is 20.7. The van der Waals surface area contributed by atoms with Crippen molar-refractivity contribution in [1.29, 1.82) is 0 Å². The molecule has 0 heterocycles. The molecule has 1 rings (SSSR count). The lowest BCUT2D eigenvalue weighted by Crippen LogP contribution is -2.23. The van der Waals surface area contributed by atoms with Crippen LogP contribution in [0.5, 0.6) is 0 Å². The predicted molar refractivity (Wildman–Crippen MR) is 116 cm³/mol. The largest absolute Gasteiger partial charge is 0.460 e. The molecule has 0 saturated heterocycles. The van der Waals surface area contributed by atoms with Gasteiger partial charge in [0.1, 0.15) is 5.78 Å². The summed E-state index contributed by atoms with van der Waals surface area (Å²) in [6.07, 6.45) is 10.7. The van der Waals surface area contributed by atoms with Crippen LogP contribution < -0.4 is 0 Å². The summed E-state index contributed by atoms with van der Waals surface area (Å²) in [5.41, 5.74) is -0.753. The van der Waals surface area contributed by atoms with Gasteiger partial charge in [-0.3, -0.25) is 9.59 Å². The first-order chi connectivity index (χ1) is 14.2. The molecule has 0 spiro atoms. The predicted octanol–water partition coefficient (Wildman–Crippen LogP) is 3.91. The van der Waals surface area contributed by atoms with Crippen LogP contribution in [0.15, 0.2) is 12.2 Å². The number of aliphatic hydroxyl groups is 2. The van der Waals surface area contributed by atoms with Gasteiger partial charge in [-0.25, -0.2) is 4.79 Å². The fourth-order valence-electron chi connectivity index (χ4n) is 4.05. The van der Waals surface area contributed by atoms with E-state index >= 15 is 0 Å². The highest BCUT2D eigenvalue weighted by Crippen LogP contribution is 2.34. The third-order valence-corrected chi connectivity index (χ3v) is 5.89. The van der Waals surface area contributed by atoms with Gasteiger partial charge in [0.15, 0.2) is 0 Å². The van der Waals surface area contributed by atoms with Crippen molar-refractivity contribution in [3.63, 3.8) is 0 Å². The molecule has 1 unspecified atom stereocenters. The summed E-state index contributed by atoms with van der Waals surface area (Å²) in [6, 6.07) is 0. The van der Waals surface area contributed by atoms with Crippen molar-refractivity contribution < 1.29 is 29.3 Å². The van der Waals surface area contributed by atoms with E-state index in [1.807, 2.05) is 19.1 Å². The number of Topliss-reactive ketones (excluding diaryl/α,β-unsaturated/α-hetero) is 2. The summed E-state index contributed by atoms with van der Waals surface area (Å²) < 4.78 is 4.68. The number of carbonyl (C=O) groups excluding carboxylic acids is 3. The second kappa shape index (κ2) is 13.7. The molecule has 1 fully saturated rings. The van der Waals surface area contributed by atoms with Gasteiger partial charge < -0.3 is 14.9 Å². The second-order valence-electron chi connectivity index (χ2n) is 8.75. The smallest absolute Gasteiger partial charge is 0.374 e. The fraction of sp³-hybridized carbons (Fsp3) is 0.792. The monoisotopic (exact) mass is 424 g/mol. The van der Waals surface area contributed by atoms with Crippen molar-refractivity contribution in [2.75, 3.05) is 6.61 Å². The molecule has 0 bridgehead atoms. The normalized spacial score (nSPS) is 23.6. The van der Waals surface area contributed by atoms with Crippen molar-refractivity contribution in [2.45, 2.75) is 103 Å². The second-order valence-corrected chi connectivity index (χ2v) is 8.75. The zero-order chi connectivity index (χ0) is 22.6. The molecule has 0 radical (unpaired) electrons. The van der Waals surface area contributed by atoms with Crippen molar-refractivity contribution >= 4 is 17.5 Å². The minimum Gasteiger partial charge on any atom is -0.460 e. The van der Waals surface area contributed by atoms with Crippen LogP contribution in [-0.4, -0.2) is 46.1 Å². The first kappa shape index (κ1) is 26.5. The Morgan fingerprint density at radius 1 is 1.17 bits per heavy atom. The van der Waals surface area contributed by atoms with E-state index in [0.717, 1.165) is 38.5 Å². The van der Waals surface area contributed by atoms with Crippen LogP contribution in [0.1, 0.15) is 91.4 Å². The Hall–Kier alpha value is -1.53. The number of hydrogen-bond acceptors (Lipinski definition) is 6. The number of aliphatic hydroxyl groups excluding tert-OH is 1. The van der Waals surface area contributed by atoms with Crippen molar-refractivity contribution in [3.8, 4) is 0 Å². The summed E-state index contributed by atoms with van der Waals surface area (Å²) in [4.78, 5) is 35.1. The molecule has 6 heteroatoms. The molecule has 0 aromatic heterocycles. The van der Waals surface area contributed by atoms with Gasteiger partial charge in [0.25, 0.3) is 0 Å². The van der Waals surface area contributed by atoms with E-state index in [2.05, 4.69) is 11.7 Å². The first-order valence-corrected chi connectivity index (χ1v) is 11.5. The van der Waals surface area contributed by atoms with E-state index in [1.54, 1.807) is 6.92 Å². The summed E-state index contributed by atoms with van der Waals surface area (Å²) in [6.45, 7) is 5.80. The topological polar surface area (TPSA) is 101 Å². The van der Waals surface area contributed by atoms with Crippen LogP contribution in [0.2, 0.25) is 0 Å². The molecular formula is C24H40O6. The van der Waals surface area contributed by atoms with E-state index < -0.39 is 23.5 Å². The van der Waals surface area contributed by atoms with Gasteiger partial charge in [0.05, 0.1) is 18.3 Å². The molecule has 30 heavy (non-hydrogen) atoms. The molecule has 2 N–H and O–H groups in total. The zero-order valence-corrected chi connectivity index (χ0v) is 18.9. The SMILES string of the molecule is CCCCC(C)(O)CC=C[C@H]1[C@H](O)CC(=O)[C@@H]1CCCCCCC(=O)C(=O)OCC. The minimum absolute atomic E-state index is 0.104. The average Bonchev–Trinajstić information content (AvgIpc) is 2.95. The van der Waals surface area contributed by atoms with Crippen LogP contribution in [0.4, 0.5) is 0 Å². The Labute approximate surface area is 181 Å². The van der Waals surface area contributed by atoms with Gasteiger partial charge in [0, 0.05) is 24.7 Å². The van der Waals surface area contributed by atoms with E-state index in [-0.39, 0.29) is 37.1 Å². The maximum atomic E-state index is 12.3. The molecule has 1 aliphatic rings. The summed E-state index contributed by atoms with van der Waals surface area (Å²) >= 11 is 0. The molecular weight excluding hydrogens is 384 g/mol. The maximum Gasteiger partial charge on any atom is 0.374 e. The molecule has 0 aliphatic heterocycles. The molecule has 1 aliphatic carbocycles. The van der Waals surface area contributed by atoms with Crippen molar-refractivity contribution in [3.05, 3.63) is 12.2 Å². The number of rotatable bonds is 15. The van der Waals surface area contributed by atoms with Crippen LogP contribution in [-0.2, 0) is 19.1 Å². The van der Waals surface area contributed by atoms with Crippen molar-refractivity contribution in [1.82, 2.24) is 0 Å². The number of hydrogen-bond donors (Lipinski definition) is 2. The molecule has 172 valence electrons. The number of carbonyl (C=O) groups is 3. The minimum atomic E-state index is -0.758. The van der Waals surface area contributed by atoms with Crippen molar-refractivity contribution in [2.24, 2.45) is 11.8 Å². The Morgan fingerprint density at radius 2 is 1.87 bits per heavy atom. The summed E-state index contributed by atoms with van der Waals surface area (Å²) in [5.74, 6) is -1.51. The molecule has 4 atom stereocenters. The number of esters is 1. The number of ketones is 2. The standard InChI is InChI=1S/C24H40O6/c1-4-6-15-24(3,29)16-11-13-19-18(21(26)17-22(19)27)12-9-7-8-10-14-20(25)23(28)30-5-2/h11,13,18-19,22,27,29H,4-10,12,14-17H2,1-3H3/t18-,19-,22-,24?/m1/s1. The first-order valence-electron chi connectivity index (χ1n) is 11.5. The highest BCUT2D eigenvalue weighted by Gasteiger charge is 2.39. The quantitative estimate of drug-likeness (QED) is 0.179. The number of unbranched alkanes of at least 4 members (excludes halogenated alkanes) is 4. The highest BCUT2D eigenvalue weighted by atomic mass is 16.5. The Morgan fingerprint density at radius 3 is 2.53 bits per heavy atom. The van der Waals surface area contributed by atoms with Crippen LogP contribution >= 0.6 is 0 Å². The van der Waals surface area contributed by atoms with Crippen LogP contribution in [0.25, 0.3) is 0 Å². The van der Waals surface area contributed by atoms with Gasteiger partial charge in [-0.05, 0) is 39.5 Å². The molecule has 6 nitrogen and oxygen atoms in total. The van der Waals surface area contributed by atoms with Gasteiger partial charge in [-0.15, -0.1) is 0 Å². The maximum absolute atomic E-state index is 12.3. The fourth-order valence-corrected chi connectivity index (χ4v) is 4.05. The van der Waals surface area contributed by atoms with E-state index in [1.165, 1.54) is 0 Å². The zero-order valence-electron chi connectivity index (χ0n) is 18.9. The van der Waals surface area contributed by atoms with Gasteiger partial charge in [-0.1, -0.05) is 51.2 Å². The lowest BCUT2D eigenvalue weighted by atomic mass is 9.87. The third-order valence-electron chi connectivity index (χ3n) is 5.89. The Bertz CT molecular complexity index is 580. The average molecular weight is 425 g/mol. The molecule has 1 saturated carbocycles. The van der Waals surface area contributed by atoms with Crippen LogP contribution in [0, 0.1) is 11.8 Å². The van der Waals surface area contributed by atoms with E-state index in [4.69, 9.17) is 0 Å². The number of ether oxygens (including phenoxy) is 1. The lowest BCUT2D eigenvalue weighted by Gasteiger charge is -2.22. The Kier molecular flexibility index (Phi) is 12.1. The van der Waals surface area contributed by atoms with Crippen LogP contribution in [0.3, 0.4) is 0 Å². The highest BCUT2D eigenvalue weighted by molar-refractivity contribution is 6.33. The van der Waals surface area contributed by atoms with E-state index in [0.29, 0.717) is 19.3 Å². The molecule has 0 aromatic carbocycles. The third kappa shape index (κ3) is 9.52. The Balaban J connectivity index is 2.38. The summed E-state index contributed by atoms with van der Waals surface area (Å²) in [7, 11) is 0. The van der Waals surface area contributed by atoms with E-state index in [9.17, 15) is 24.6 Å². The molecule has 0 aromatic rings.